The van der Waals surface area contributed by atoms with Gasteiger partial charge in [0, 0.05) is 25.8 Å². The maximum atomic E-state index is 5.41. The summed E-state index contributed by atoms with van der Waals surface area (Å²) >= 11 is 0. The molecular weight excluding hydrogens is 214 g/mol. The first kappa shape index (κ1) is 13.7. The number of nitrogens with one attached hydrogen (secondary N) is 2. The van der Waals surface area contributed by atoms with E-state index < -0.39 is 0 Å². The molecule has 1 aromatic rings. The van der Waals surface area contributed by atoms with Crippen LogP contribution in [0.15, 0.2) is 12.3 Å². The first-order chi connectivity index (χ1) is 8.36. The summed E-state index contributed by atoms with van der Waals surface area (Å²) in [6, 6.07) is 1.88. The number of anilines is 2. The molecule has 0 bridgehead atoms. The SMILES string of the molecule is CCCCCCNc1ccnc(NCCN)n1. The lowest BCUT2D eigenvalue weighted by molar-refractivity contribution is 0.684. The zero-order valence-corrected chi connectivity index (χ0v) is 10.6. The van der Waals surface area contributed by atoms with Gasteiger partial charge in [-0.15, -0.1) is 0 Å². The van der Waals surface area contributed by atoms with Crippen molar-refractivity contribution < 1.29 is 0 Å². The quantitative estimate of drug-likeness (QED) is 0.571. The van der Waals surface area contributed by atoms with E-state index >= 15 is 0 Å². The third kappa shape index (κ3) is 6.06. The molecule has 1 heterocycles. The second-order valence-corrected chi connectivity index (χ2v) is 3.97. The van der Waals surface area contributed by atoms with Crippen LogP contribution in [0.1, 0.15) is 32.6 Å². The van der Waals surface area contributed by atoms with Crippen molar-refractivity contribution in [2.45, 2.75) is 32.6 Å². The smallest absolute Gasteiger partial charge is 0.224 e. The first-order valence-corrected chi connectivity index (χ1v) is 6.37. The molecule has 0 radical (unpaired) electrons. The van der Waals surface area contributed by atoms with Crippen molar-refractivity contribution in [1.82, 2.24) is 9.97 Å². The highest BCUT2D eigenvalue weighted by atomic mass is 15.1. The minimum atomic E-state index is 0.581. The number of hydrogen-bond acceptors (Lipinski definition) is 5. The zero-order chi connectivity index (χ0) is 12.3. The fraction of sp³-hybridized carbons (Fsp3) is 0.667. The molecule has 0 spiro atoms. The molecule has 96 valence electrons. The Kier molecular flexibility index (Phi) is 7.06. The van der Waals surface area contributed by atoms with Crippen molar-refractivity contribution in [3.8, 4) is 0 Å². The van der Waals surface area contributed by atoms with E-state index in [-0.39, 0.29) is 0 Å². The van der Waals surface area contributed by atoms with Crippen LogP contribution in [-0.2, 0) is 0 Å². The number of nitrogens with zero attached hydrogens (tertiary/aromatic N) is 2. The fourth-order valence-corrected chi connectivity index (χ4v) is 1.49. The van der Waals surface area contributed by atoms with E-state index in [1.807, 2.05) is 6.07 Å². The summed E-state index contributed by atoms with van der Waals surface area (Å²) in [7, 11) is 0. The monoisotopic (exact) mass is 237 g/mol. The minimum absolute atomic E-state index is 0.581. The Morgan fingerprint density at radius 3 is 2.82 bits per heavy atom. The summed E-state index contributed by atoms with van der Waals surface area (Å²) in [5.41, 5.74) is 5.41. The highest BCUT2D eigenvalue weighted by molar-refractivity contribution is 5.39. The Morgan fingerprint density at radius 2 is 2.06 bits per heavy atom. The van der Waals surface area contributed by atoms with Crippen LogP contribution in [-0.4, -0.2) is 29.6 Å². The number of nitrogens with two attached hydrogens (primary N) is 1. The Morgan fingerprint density at radius 1 is 1.18 bits per heavy atom. The Hall–Kier alpha value is -1.36. The van der Waals surface area contributed by atoms with E-state index in [4.69, 9.17) is 5.73 Å². The van der Waals surface area contributed by atoms with E-state index in [0.29, 0.717) is 19.0 Å². The molecule has 0 fully saturated rings. The Labute approximate surface area is 103 Å². The number of aromatic nitrogens is 2. The van der Waals surface area contributed by atoms with Gasteiger partial charge in [-0.2, -0.15) is 4.98 Å². The van der Waals surface area contributed by atoms with E-state index in [2.05, 4.69) is 27.5 Å². The van der Waals surface area contributed by atoms with Gasteiger partial charge in [0.1, 0.15) is 5.82 Å². The Balaban J connectivity index is 2.27. The number of hydrogen-bond donors (Lipinski definition) is 3. The lowest BCUT2D eigenvalue weighted by Gasteiger charge is -2.07. The predicted molar refractivity (Wildman–Crippen MR) is 72.2 cm³/mol. The number of unbranched alkanes of at least 4 members (excludes halogenated alkanes) is 3. The molecule has 0 aliphatic heterocycles. The van der Waals surface area contributed by atoms with Crippen molar-refractivity contribution >= 4 is 11.8 Å². The summed E-state index contributed by atoms with van der Waals surface area (Å²) in [6.45, 7) is 4.46. The summed E-state index contributed by atoms with van der Waals surface area (Å²) < 4.78 is 0. The second kappa shape index (κ2) is 8.75. The third-order valence-electron chi connectivity index (χ3n) is 2.42. The molecule has 1 rings (SSSR count). The average molecular weight is 237 g/mol. The molecule has 5 nitrogen and oxygen atoms in total. The maximum Gasteiger partial charge on any atom is 0.224 e. The molecule has 0 amide bonds. The van der Waals surface area contributed by atoms with Crippen LogP contribution >= 0.6 is 0 Å². The topological polar surface area (TPSA) is 75.9 Å². The average Bonchev–Trinajstić information content (AvgIpc) is 2.37. The lowest BCUT2D eigenvalue weighted by atomic mass is 10.2. The van der Waals surface area contributed by atoms with Crippen LogP contribution in [0.25, 0.3) is 0 Å². The summed E-state index contributed by atoms with van der Waals surface area (Å²) in [4.78, 5) is 8.46. The van der Waals surface area contributed by atoms with Gasteiger partial charge in [0.05, 0.1) is 0 Å². The van der Waals surface area contributed by atoms with Crippen molar-refractivity contribution in [3.63, 3.8) is 0 Å². The summed E-state index contributed by atoms with van der Waals surface area (Å²) in [5.74, 6) is 1.50. The van der Waals surface area contributed by atoms with Gasteiger partial charge in [0.15, 0.2) is 0 Å². The molecule has 0 unspecified atom stereocenters. The highest BCUT2D eigenvalue weighted by Crippen LogP contribution is 2.06. The molecule has 0 saturated heterocycles. The molecule has 1 aromatic heterocycles. The van der Waals surface area contributed by atoms with Crippen LogP contribution in [0, 0.1) is 0 Å². The van der Waals surface area contributed by atoms with Gasteiger partial charge >= 0.3 is 0 Å². The molecule has 0 aromatic carbocycles. The molecule has 4 N–H and O–H groups in total. The summed E-state index contributed by atoms with van der Waals surface area (Å²) in [5, 5.41) is 6.36. The van der Waals surface area contributed by atoms with Crippen LogP contribution in [0.3, 0.4) is 0 Å². The van der Waals surface area contributed by atoms with Gasteiger partial charge < -0.3 is 16.4 Å². The van der Waals surface area contributed by atoms with Gasteiger partial charge in [-0.05, 0) is 12.5 Å². The number of rotatable bonds is 9. The molecular formula is C12H23N5. The molecule has 0 saturated carbocycles. The maximum absolute atomic E-state index is 5.41. The fourth-order valence-electron chi connectivity index (χ4n) is 1.49. The molecule has 0 aliphatic carbocycles. The molecule has 0 aliphatic rings. The minimum Gasteiger partial charge on any atom is -0.370 e. The predicted octanol–water partition coefficient (Wildman–Crippen LogP) is 1.84. The van der Waals surface area contributed by atoms with Crippen LogP contribution in [0.2, 0.25) is 0 Å². The first-order valence-electron chi connectivity index (χ1n) is 6.37. The molecule has 17 heavy (non-hydrogen) atoms. The zero-order valence-electron chi connectivity index (χ0n) is 10.6. The van der Waals surface area contributed by atoms with Crippen molar-refractivity contribution in [3.05, 3.63) is 12.3 Å². The molecule has 5 heteroatoms. The van der Waals surface area contributed by atoms with E-state index in [1.54, 1.807) is 6.20 Å². The van der Waals surface area contributed by atoms with Crippen LogP contribution < -0.4 is 16.4 Å². The normalized spacial score (nSPS) is 10.2. The van der Waals surface area contributed by atoms with Gasteiger partial charge in [-0.3, -0.25) is 0 Å². The van der Waals surface area contributed by atoms with Crippen molar-refractivity contribution in [2.75, 3.05) is 30.3 Å². The molecule has 0 atom stereocenters. The van der Waals surface area contributed by atoms with Crippen molar-refractivity contribution in [1.29, 1.82) is 0 Å². The van der Waals surface area contributed by atoms with E-state index in [9.17, 15) is 0 Å². The van der Waals surface area contributed by atoms with E-state index in [0.717, 1.165) is 12.4 Å². The van der Waals surface area contributed by atoms with Crippen LogP contribution in [0.5, 0.6) is 0 Å². The standard InChI is InChI=1S/C12H23N5/c1-2-3-4-5-8-14-11-6-9-15-12(17-11)16-10-7-13/h6,9H,2-5,7-8,10,13H2,1H3,(H2,14,15,16,17). The van der Waals surface area contributed by atoms with Gasteiger partial charge in [0.25, 0.3) is 0 Å². The lowest BCUT2D eigenvalue weighted by Crippen LogP contribution is -2.15. The van der Waals surface area contributed by atoms with Gasteiger partial charge in [-0.1, -0.05) is 26.2 Å². The van der Waals surface area contributed by atoms with E-state index in [1.165, 1.54) is 25.7 Å². The van der Waals surface area contributed by atoms with Gasteiger partial charge in [0.2, 0.25) is 5.95 Å². The van der Waals surface area contributed by atoms with Crippen LogP contribution in [0.4, 0.5) is 11.8 Å². The van der Waals surface area contributed by atoms with Crippen molar-refractivity contribution in [2.24, 2.45) is 5.73 Å². The largest absolute Gasteiger partial charge is 0.370 e. The second-order valence-electron chi connectivity index (χ2n) is 3.97. The highest BCUT2D eigenvalue weighted by Gasteiger charge is 1.97. The Bertz CT molecular complexity index is 303. The van der Waals surface area contributed by atoms with Gasteiger partial charge in [-0.25, -0.2) is 4.98 Å². The third-order valence-corrected chi connectivity index (χ3v) is 2.42. The summed E-state index contributed by atoms with van der Waals surface area (Å²) in [6.07, 6.45) is 6.77.